The maximum absolute atomic E-state index is 12.5. The quantitative estimate of drug-likeness (QED) is 0.809. The number of piperidine rings is 1. The first-order chi connectivity index (χ1) is 10.5. The molecule has 4 nitrogen and oxygen atoms in total. The minimum Gasteiger partial charge on any atom is -0.467 e. The van der Waals surface area contributed by atoms with Gasteiger partial charge in [-0.2, -0.15) is 0 Å². The molecule has 4 unspecified atom stereocenters. The van der Waals surface area contributed by atoms with E-state index in [9.17, 15) is 9.59 Å². The van der Waals surface area contributed by atoms with Gasteiger partial charge in [0, 0.05) is 28.8 Å². The fourth-order valence-corrected chi connectivity index (χ4v) is 4.71. The average molecular weight is 320 g/mol. The smallest absolute Gasteiger partial charge is 0.234 e. The molecule has 1 aliphatic carbocycles. The maximum atomic E-state index is 12.5. The van der Waals surface area contributed by atoms with Gasteiger partial charge in [-0.25, -0.2) is 0 Å². The molecule has 2 heterocycles. The highest BCUT2D eigenvalue weighted by molar-refractivity contribution is 6.30. The van der Waals surface area contributed by atoms with Crippen molar-refractivity contribution in [2.75, 3.05) is 0 Å². The Morgan fingerprint density at radius 1 is 1.41 bits per heavy atom. The normalized spacial score (nSPS) is 35.7. The number of rotatable bonds is 1. The summed E-state index contributed by atoms with van der Waals surface area (Å²) in [6.07, 6.45) is 3.88. The zero-order chi connectivity index (χ0) is 15.5. The largest absolute Gasteiger partial charge is 0.467 e. The predicted molar refractivity (Wildman–Crippen MR) is 81.8 cm³/mol. The van der Waals surface area contributed by atoms with Gasteiger partial charge in [-0.3, -0.25) is 9.59 Å². The first-order valence-electron chi connectivity index (χ1n) is 7.83. The summed E-state index contributed by atoms with van der Waals surface area (Å²) in [6.45, 7) is 1.50. The zero-order valence-corrected chi connectivity index (χ0v) is 13.2. The Morgan fingerprint density at radius 2 is 2.23 bits per heavy atom. The lowest BCUT2D eigenvalue weighted by Gasteiger charge is -2.56. The van der Waals surface area contributed by atoms with Crippen molar-refractivity contribution in [2.24, 2.45) is 11.8 Å². The summed E-state index contributed by atoms with van der Waals surface area (Å²) in [4.78, 5) is 24.7. The minimum atomic E-state index is -0.646. The molecule has 22 heavy (non-hydrogen) atoms. The summed E-state index contributed by atoms with van der Waals surface area (Å²) in [5, 5.41) is 3.65. The summed E-state index contributed by atoms with van der Waals surface area (Å²) in [6, 6.07) is 5.50. The Kier molecular flexibility index (Phi) is 3.02. The summed E-state index contributed by atoms with van der Waals surface area (Å²) < 4.78 is 6.25. The predicted octanol–water partition coefficient (Wildman–Crippen LogP) is 3.04. The van der Waals surface area contributed by atoms with E-state index in [4.69, 9.17) is 16.3 Å². The Morgan fingerprint density at radius 3 is 3.00 bits per heavy atom. The first kappa shape index (κ1) is 14.1. The number of hydrogen-bond donors (Lipinski definition) is 1. The molecule has 1 saturated heterocycles. The summed E-state index contributed by atoms with van der Waals surface area (Å²) in [5.74, 6) is -0.181. The SMILES string of the molecule is CC(=O)C1C(=O)NC23CCCCC2C1c1cc(Cl)ccc1O3. The molecule has 1 N–H and O–H groups in total. The number of ketones is 1. The monoisotopic (exact) mass is 319 g/mol. The van der Waals surface area contributed by atoms with E-state index >= 15 is 0 Å². The van der Waals surface area contributed by atoms with E-state index in [1.807, 2.05) is 12.1 Å². The number of carbonyl (C=O) groups is 2. The molecule has 2 bridgehead atoms. The van der Waals surface area contributed by atoms with Gasteiger partial charge < -0.3 is 10.1 Å². The van der Waals surface area contributed by atoms with Crippen LogP contribution in [0, 0.1) is 11.8 Å². The van der Waals surface area contributed by atoms with E-state index in [1.165, 1.54) is 6.92 Å². The fourth-order valence-electron chi connectivity index (χ4n) is 4.53. The van der Waals surface area contributed by atoms with Crippen LogP contribution in [0.3, 0.4) is 0 Å². The Labute approximate surface area is 134 Å². The number of Topliss-reactive ketones (excluding diaryl/α,β-unsaturated/α-hetero) is 1. The second-order valence-corrected chi connectivity index (χ2v) is 7.07. The summed E-state index contributed by atoms with van der Waals surface area (Å²) in [5.41, 5.74) is 0.261. The topological polar surface area (TPSA) is 55.4 Å². The van der Waals surface area contributed by atoms with E-state index in [-0.39, 0.29) is 23.5 Å². The van der Waals surface area contributed by atoms with Crippen molar-refractivity contribution in [3.63, 3.8) is 0 Å². The number of nitrogens with one attached hydrogen (secondary N) is 1. The van der Waals surface area contributed by atoms with Crippen molar-refractivity contribution >= 4 is 23.3 Å². The number of carbonyl (C=O) groups excluding carboxylic acids is 2. The molecule has 2 fully saturated rings. The molecule has 1 aromatic carbocycles. The van der Waals surface area contributed by atoms with Crippen LogP contribution in [0.5, 0.6) is 5.75 Å². The van der Waals surface area contributed by atoms with Crippen molar-refractivity contribution in [2.45, 2.75) is 44.2 Å². The van der Waals surface area contributed by atoms with Crippen LogP contribution in [-0.4, -0.2) is 17.4 Å². The molecule has 0 aromatic heterocycles. The van der Waals surface area contributed by atoms with Gasteiger partial charge in [-0.05, 0) is 38.0 Å². The third kappa shape index (κ3) is 1.83. The Balaban J connectivity index is 1.93. The van der Waals surface area contributed by atoms with E-state index < -0.39 is 11.6 Å². The van der Waals surface area contributed by atoms with Crippen LogP contribution in [0.25, 0.3) is 0 Å². The molecular weight excluding hydrogens is 302 g/mol. The molecule has 4 atom stereocenters. The van der Waals surface area contributed by atoms with Gasteiger partial charge in [0.25, 0.3) is 0 Å². The van der Waals surface area contributed by atoms with Crippen LogP contribution in [0.1, 0.15) is 44.1 Å². The second-order valence-electron chi connectivity index (χ2n) is 6.63. The van der Waals surface area contributed by atoms with E-state index in [2.05, 4.69) is 5.32 Å². The maximum Gasteiger partial charge on any atom is 0.234 e. The highest BCUT2D eigenvalue weighted by atomic mass is 35.5. The second kappa shape index (κ2) is 4.72. The molecule has 5 heteroatoms. The van der Waals surface area contributed by atoms with Crippen LogP contribution < -0.4 is 10.1 Å². The van der Waals surface area contributed by atoms with Crippen LogP contribution >= 0.6 is 11.6 Å². The molecule has 2 aliphatic heterocycles. The first-order valence-corrected chi connectivity index (χ1v) is 8.20. The van der Waals surface area contributed by atoms with Gasteiger partial charge in [0.2, 0.25) is 5.91 Å². The van der Waals surface area contributed by atoms with Gasteiger partial charge in [0.05, 0.1) is 0 Å². The third-order valence-corrected chi connectivity index (χ3v) is 5.62. The minimum absolute atomic E-state index is 0.0884. The van der Waals surface area contributed by atoms with Crippen molar-refractivity contribution in [3.05, 3.63) is 28.8 Å². The lowest BCUT2D eigenvalue weighted by Crippen LogP contribution is -2.69. The van der Waals surface area contributed by atoms with Gasteiger partial charge >= 0.3 is 0 Å². The molecule has 1 saturated carbocycles. The van der Waals surface area contributed by atoms with Crippen LogP contribution in [-0.2, 0) is 9.59 Å². The van der Waals surface area contributed by atoms with Crippen LogP contribution in [0.15, 0.2) is 18.2 Å². The summed E-state index contributed by atoms with van der Waals surface area (Å²) in [7, 11) is 0. The van der Waals surface area contributed by atoms with Crippen LogP contribution in [0.2, 0.25) is 5.02 Å². The molecule has 116 valence electrons. The molecule has 1 aromatic rings. The lowest BCUT2D eigenvalue weighted by molar-refractivity contribution is -0.160. The Hall–Kier alpha value is -1.55. The number of halogens is 1. The van der Waals surface area contributed by atoms with Crippen LogP contribution in [0.4, 0.5) is 0 Å². The standard InChI is InChI=1S/C17H18ClNO3/c1-9(20)14-15-11-8-10(18)5-6-13(11)22-17(19-16(14)21)7-3-2-4-12(15)17/h5-6,8,12,14-15H,2-4,7H2,1H3,(H,19,21). The molecular formula is C17H18ClNO3. The Bertz CT molecular complexity index is 674. The molecule has 0 spiro atoms. The summed E-state index contributed by atoms with van der Waals surface area (Å²) >= 11 is 6.15. The highest BCUT2D eigenvalue weighted by Crippen LogP contribution is 2.55. The van der Waals surface area contributed by atoms with E-state index in [1.54, 1.807) is 6.07 Å². The number of amides is 1. The number of fused-ring (bicyclic) bond motifs is 2. The van der Waals surface area contributed by atoms with E-state index in [0.717, 1.165) is 37.0 Å². The van der Waals surface area contributed by atoms with Crippen molar-refractivity contribution < 1.29 is 14.3 Å². The van der Waals surface area contributed by atoms with Crippen molar-refractivity contribution in [1.29, 1.82) is 0 Å². The van der Waals surface area contributed by atoms with E-state index in [0.29, 0.717) is 5.02 Å². The number of hydrogen-bond acceptors (Lipinski definition) is 3. The van der Waals surface area contributed by atoms with Gasteiger partial charge in [-0.15, -0.1) is 0 Å². The highest BCUT2D eigenvalue weighted by Gasteiger charge is 2.60. The average Bonchev–Trinajstić information content (AvgIpc) is 2.46. The van der Waals surface area contributed by atoms with Crippen molar-refractivity contribution in [3.8, 4) is 5.75 Å². The third-order valence-electron chi connectivity index (χ3n) is 5.38. The molecule has 4 rings (SSSR count). The number of ether oxygens (including phenoxy) is 1. The zero-order valence-electron chi connectivity index (χ0n) is 12.4. The number of benzene rings is 1. The lowest BCUT2D eigenvalue weighted by atomic mass is 9.61. The molecule has 0 radical (unpaired) electrons. The van der Waals surface area contributed by atoms with Crippen molar-refractivity contribution in [1.82, 2.24) is 5.32 Å². The van der Waals surface area contributed by atoms with Gasteiger partial charge in [-0.1, -0.05) is 18.0 Å². The fraction of sp³-hybridized carbons (Fsp3) is 0.529. The molecule has 1 amide bonds. The van der Waals surface area contributed by atoms with Gasteiger partial charge in [0.1, 0.15) is 17.5 Å². The van der Waals surface area contributed by atoms with Gasteiger partial charge in [0.15, 0.2) is 5.72 Å². The molecule has 3 aliphatic rings.